The average Bonchev–Trinajstić information content (AvgIpc) is 2.27. The maximum Gasteiger partial charge on any atom is 0.255 e. The zero-order valence-corrected chi connectivity index (χ0v) is 9.07. The van der Waals surface area contributed by atoms with Crippen molar-refractivity contribution < 1.29 is 19.1 Å². The molecule has 5 nitrogen and oxygen atoms in total. The van der Waals surface area contributed by atoms with E-state index in [1.165, 1.54) is 0 Å². The second-order valence-corrected chi connectivity index (χ2v) is 3.49. The smallest absolute Gasteiger partial charge is 0.255 e. The van der Waals surface area contributed by atoms with Crippen LogP contribution in [0.5, 0.6) is 5.75 Å². The molecular weight excluding hydrogens is 227 g/mol. The van der Waals surface area contributed by atoms with Gasteiger partial charge in [-0.1, -0.05) is 0 Å². The van der Waals surface area contributed by atoms with E-state index >= 15 is 0 Å². The van der Waals surface area contributed by atoms with Gasteiger partial charge in [0.05, 0.1) is 5.56 Å². The maximum absolute atomic E-state index is 12.8. The molecule has 0 aromatic heterocycles. The molecule has 0 unspecified atom stereocenters. The maximum atomic E-state index is 12.8. The molecule has 0 aliphatic carbocycles. The molecule has 0 aliphatic heterocycles. The summed E-state index contributed by atoms with van der Waals surface area (Å²) in [6, 6.07) is 3.10. The van der Waals surface area contributed by atoms with Gasteiger partial charge >= 0.3 is 0 Å². The number of nitrogens with two attached hydrogens (primary N) is 1. The van der Waals surface area contributed by atoms with Gasteiger partial charge in [0.1, 0.15) is 11.6 Å². The van der Waals surface area contributed by atoms with Gasteiger partial charge in [0.2, 0.25) is 5.91 Å². The average molecular weight is 240 g/mol. The van der Waals surface area contributed by atoms with Crippen molar-refractivity contribution in [2.45, 2.75) is 12.8 Å². The van der Waals surface area contributed by atoms with Crippen LogP contribution in [0.1, 0.15) is 23.2 Å². The summed E-state index contributed by atoms with van der Waals surface area (Å²) < 4.78 is 12.8. The number of nitrogens with one attached hydrogen (secondary N) is 1. The summed E-state index contributed by atoms with van der Waals surface area (Å²) in [5.41, 5.74) is 4.79. The minimum Gasteiger partial charge on any atom is -0.507 e. The van der Waals surface area contributed by atoms with Crippen molar-refractivity contribution in [3.05, 3.63) is 29.6 Å². The summed E-state index contributed by atoms with van der Waals surface area (Å²) in [6.45, 7) is 0.234. The third-order valence-corrected chi connectivity index (χ3v) is 2.09. The number of hydrogen-bond donors (Lipinski definition) is 3. The van der Waals surface area contributed by atoms with Crippen LogP contribution in [-0.4, -0.2) is 23.5 Å². The molecule has 1 aromatic carbocycles. The molecule has 0 atom stereocenters. The van der Waals surface area contributed by atoms with Gasteiger partial charge in [0.25, 0.3) is 5.91 Å². The van der Waals surface area contributed by atoms with E-state index < -0.39 is 17.6 Å². The van der Waals surface area contributed by atoms with E-state index in [2.05, 4.69) is 5.32 Å². The molecule has 0 saturated heterocycles. The third-order valence-electron chi connectivity index (χ3n) is 2.09. The van der Waals surface area contributed by atoms with E-state index in [1.54, 1.807) is 0 Å². The third kappa shape index (κ3) is 4.10. The Balaban J connectivity index is 2.52. The first-order valence-electron chi connectivity index (χ1n) is 5.05. The van der Waals surface area contributed by atoms with E-state index in [1.807, 2.05) is 0 Å². The van der Waals surface area contributed by atoms with Crippen LogP contribution in [0.3, 0.4) is 0 Å². The summed E-state index contributed by atoms with van der Waals surface area (Å²) >= 11 is 0. The van der Waals surface area contributed by atoms with Crippen molar-refractivity contribution >= 4 is 11.8 Å². The molecule has 92 valence electrons. The SMILES string of the molecule is NC(=O)CCCNC(=O)c1cc(F)ccc1O. The Kier molecular flexibility index (Phi) is 4.45. The van der Waals surface area contributed by atoms with E-state index in [-0.39, 0.29) is 24.3 Å². The molecule has 1 rings (SSSR count). The topological polar surface area (TPSA) is 92.4 Å². The van der Waals surface area contributed by atoms with E-state index in [4.69, 9.17) is 5.73 Å². The summed E-state index contributed by atoms with van der Waals surface area (Å²) in [7, 11) is 0. The standard InChI is InChI=1S/C11H13FN2O3/c12-7-3-4-9(15)8(6-7)11(17)14-5-1-2-10(13)16/h3-4,6,15H,1-2,5H2,(H2,13,16)(H,14,17). The predicted molar refractivity (Wildman–Crippen MR) is 58.8 cm³/mol. The lowest BCUT2D eigenvalue weighted by atomic mass is 10.2. The van der Waals surface area contributed by atoms with Crippen LogP contribution in [0, 0.1) is 5.82 Å². The highest BCUT2D eigenvalue weighted by molar-refractivity contribution is 5.96. The fourth-order valence-corrected chi connectivity index (χ4v) is 1.25. The van der Waals surface area contributed by atoms with Gasteiger partial charge in [0.15, 0.2) is 0 Å². The molecular formula is C11H13FN2O3. The Labute approximate surface area is 97.4 Å². The molecule has 0 radical (unpaired) electrons. The fraction of sp³-hybridized carbons (Fsp3) is 0.273. The quantitative estimate of drug-likeness (QED) is 0.655. The number of primary amides is 1. The molecule has 0 fully saturated rings. The molecule has 0 heterocycles. The van der Waals surface area contributed by atoms with Crippen LogP contribution in [0.25, 0.3) is 0 Å². The van der Waals surface area contributed by atoms with Crippen molar-refractivity contribution in [1.82, 2.24) is 5.32 Å². The first-order chi connectivity index (χ1) is 8.00. The molecule has 0 bridgehead atoms. The highest BCUT2D eigenvalue weighted by Gasteiger charge is 2.11. The van der Waals surface area contributed by atoms with Crippen molar-refractivity contribution in [2.75, 3.05) is 6.54 Å². The van der Waals surface area contributed by atoms with Crippen LogP contribution in [-0.2, 0) is 4.79 Å². The molecule has 4 N–H and O–H groups in total. The lowest BCUT2D eigenvalue weighted by molar-refractivity contribution is -0.118. The van der Waals surface area contributed by atoms with Gasteiger partial charge in [-0.25, -0.2) is 4.39 Å². The lowest BCUT2D eigenvalue weighted by Crippen LogP contribution is -2.25. The van der Waals surface area contributed by atoms with E-state index in [0.717, 1.165) is 18.2 Å². The number of amides is 2. The van der Waals surface area contributed by atoms with Crippen molar-refractivity contribution in [2.24, 2.45) is 5.73 Å². The Bertz CT molecular complexity index is 435. The summed E-state index contributed by atoms with van der Waals surface area (Å²) in [5.74, 6) is -1.94. The highest BCUT2D eigenvalue weighted by atomic mass is 19.1. The minimum absolute atomic E-state index is 0.135. The number of aromatic hydroxyl groups is 1. The van der Waals surface area contributed by atoms with Crippen molar-refractivity contribution in [1.29, 1.82) is 0 Å². The molecule has 1 aromatic rings. The second-order valence-electron chi connectivity index (χ2n) is 3.49. The second kappa shape index (κ2) is 5.83. The first-order valence-corrected chi connectivity index (χ1v) is 5.05. The van der Waals surface area contributed by atoms with E-state index in [9.17, 15) is 19.1 Å². The highest BCUT2D eigenvalue weighted by Crippen LogP contribution is 2.17. The Morgan fingerprint density at radius 2 is 2.12 bits per heavy atom. The Morgan fingerprint density at radius 1 is 1.41 bits per heavy atom. The molecule has 0 aliphatic rings. The number of phenolic OH excluding ortho intramolecular Hbond substituents is 1. The van der Waals surface area contributed by atoms with Gasteiger partial charge < -0.3 is 16.2 Å². The zero-order chi connectivity index (χ0) is 12.8. The van der Waals surface area contributed by atoms with Crippen molar-refractivity contribution in [3.63, 3.8) is 0 Å². The van der Waals surface area contributed by atoms with Gasteiger partial charge in [0, 0.05) is 13.0 Å². The number of phenols is 1. The summed E-state index contributed by atoms with van der Waals surface area (Å²) in [6.07, 6.45) is 0.562. The Hall–Kier alpha value is -2.11. The largest absolute Gasteiger partial charge is 0.507 e. The van der Waals surface area contributed by atoms with E-state index in [0.29, 0.717) is 6.42 Å². The van der Waals surface area contributed by atoms with Crippen molar-refractivity contribution in [3.8, 4) is 5.75 Å². The first kappa shape index (κ1) is 13.0. The Morgan fingerprint density at radius 3 is 2.76 bits per heavy atom. The molecule has 0 saturated carbocycles. The lowest BCUT2D eigenvalue weighted by Gasteiger charge is -2.06. The number of carbonyl (C=O) groups is 2. The molecule has 17 heavy (non-hydrogen) atoms. The van der Waals surface area contributed by atoms with Gasteiger partial charge in [-0.3, -0.25) is 9.59 Å². The van der Waals surface area contributed by atoms with Gasteiger partial charge in [-0.15, -0.1) is 0 Å². The van der Waals surface area contributed by atoms with Crippen LogP contribution < -0.4 is 11.1 Å². The molecule has 0 spiro atoms. The van der Waals surface area contributed by atoms with Crippen LogP contribution >= 0.6 is 0 Å². The number of rotatable bonds is 5. The van der Waals surface area contributed by atoms with Crippen LogP contribution in [0.4, 0.5) is 4.39 Å². The van der Waals surface area contributed by atoms with Gasteiger partial charge in [-0.05, 0) is 24.6 Å². The number of benzene rings is 1. The predicted octanol–water partition coefficient (Wildman–Crippen LogP) is 0.527. The molecule has 2 amide bonds. The number of carbonyl (C=O) groups excluding carboxylic acids is 2. The zero-order valence-electron chi connectivity index (χ0n) is 9.07. The molecule has 6 heteroatoms. The number of hydrogen-bond acceptors (Lipinski definition) is 3. The van der Waals surface area contributed by atoms with Gasteiger partial charge in [-0.2, -0.15) is 0 Å². The summed E-state index contributed by atoms with van der Waals surface area (Å²) in [4.78, 5) is 21.9. The number of halogens is 1. The van der Waals surface area contributed by atoms with Crippen LogP contribution in [0.2, 0.25) is 0 Å². The fourth-order valence-electron chi connectivity index (χ4n) is 1.25. The summed E-state index contributed by atoms with van der Waals surface area (Å²) in [5, 5.41) is 11.8. The monoisotopic (exact) mass is 240 g/mol. The minimum atomic E-state index is -0.606. The normalized spacial score (nSPS) is 9.94. The van der Waals surface area contributed by atoms with Crippen LogP contribution in [0.15, 0.2) is 18.2 Å².